The van der Waals surface area contributed by atoms with Crippen molar-refractivity contribution in [2.24, 2.45) is 5.41 Å². The maximum absolute atomic E-state index is 13.8. The van der Waals surface area contributed by atoms with E-state index in [-0.39, 0.29) is 9.92 Å². The van der Waals surface area contributed by atoms with Gasteiger partial charge >= 0.3 is 6.18 Å². The third-order valence-electron chi connectivity index (χ3n) is 8.93. The van der Waals surface area contributed by atoms with E-state index in [4.69, 9.17) is 11.6 Å². The zero-order valence-electron chi connectivity index (χ0n) is 22.9. The number of amides is 2. The zero-order valence-corrected chi connectivity index (χ0v) is 24.4. The molecule has 2 aliphatic carbocycles. The summed E-state index contributed by atoms with van der Waals surface area (Å²) in [5.41, 5.74) is -3.00. The Morgan fingerprint density at radius 3 is 2.24 bits per heavy atom. The molecule has 41 heavy (non-hydrogen) atoms. The van der Waals surface area contributed by atoms with Crippen LogP contribution < -0.4 is 10.2 Å². The van der Waals surface area contributed by atoms with Crippen molar-refractivity contribution in [1.29, 1.82) is 5.26 Å². The van der Waals surface area contributed by atoms with Crippen molar-refractivity contribution in [2.45, 2.75) is 79.9 Å². The highest BCUT2D eigenvalue weighted by Gasteiger charge is 2.70. The van der Waals surface area contributed by atoms with Crippen molar-refractivity contribution >= 4 is 38.9 Å². The molecule has 5 rings (SSSR count). The van der Waals surface area contributed by atoms with Gasteiger partial charge in [-0.15, -0.1) is 0 Å². The van der Waals surface area contributed by atoms with Crippen molar-refractivity contribution in [2.75, 3.05) is 37.6 Å². The normalized spacial score (nSPS) is 25.6. The lowest BCUT2D eigenvalue weighted by atomic mass is 10.0. The Balaban J connectivity index is 1.38. The fraction of sp³-hybridized carbons (Fsp3) is 0.667. The summed E-state index contributed by atoms with van der Waals surface area (Å²) in [6.07, 6.45) is -5.31. The number of sulfone groups is 1. The van der Waals surface area contributed by atoms with Crippen LogP contribution in [0.3, 0.4) is 0 Å². The number of anilines is 1. The Hall–Kier alpha value is -2.56. The highest BCUT2D eigenvalue weighted by atomic mass is 35.5. The van der Waals surface area contributed by atoms with Gasteiger partial charge < -0.3 is 15.1 Å². The topological polar surface area (TPSA) is 114 Å². The highest BCUT2D eigenvalue weighted by molar-refractivity contribution is 7.92. The number of rotatable bonds is 7. The standard InChI is InChI=1S/C27H33ClF3N5O4S/c1-17(2)34-9-11-35(12-10-34)18-3-4-22(20(28)13-18)41(39,40)19-14-21(23(37)33-25(16-32)5-6-25)36(15-19)24(38)26(7-8-26)27(29,30)31/h3-4,13,17,19,21H,5-12,14-15H2,1-2H3,(H,33,37). The number of benzene rings is 1. The van der Waals surface area contributed by atoms with Gasteiger partial charge in [-0.05, 0) is 64.2 Å². The molecule has 4 fully saturated rings. The maximum atomic E-state index is 13.8. The van der Waals surface area contributed by atoms with Crippen molar-refractivity contribution < 1.29 is 31.2 Å². The number of hydrogen-bond acceptors (Lipinski definition) is 7. The number of piperazine rings is 1. The molecule has 0 radical (unpaired) electrons. The van der Waals surface area contributed by atoms with Crippen molar-refractivity contribution in [3.05, 3.63) is 23.2 Å². The molecule has 2 saturated heterocycles. The van der Waals surface area contributed by atoms with Gasteiger partial charge in [0.25, 0.3) is 0 Å². The predicted octanol–water partition coefficient (Wildman–Crippen LogP) is 3.13. The number of halogens is 4. The summed E-state index contributed by atoms with van der Waals surface area (Å²) in [5.74, 6) is -2.12. The Morgan fingerprint density at radius 1 is 1.12 bits per heavy atom. The fourth-order valence-corrected chi connectivity index (χ4v) is 8.05. The van der Waals surface area contributed by atoms with E-state index in [1.54, 1.807) is 12.1 Å². The predicted molar refractivity (Wildman–Crippen MR) is 145 cm³/mol. The second-order valence-corrected chi connectivity index (χ2v) is 14.5. The quantitative estimate of drug-likeness (QED) is 0.501. The molecule has 2 amide bonds. The van der Waals surface area contributed by atoms with E-state index in [0.717, 1.165) is 36.8 Å². The molecule has 1 aromatic carbocycles. The summed E-state index contributed by atoms with van der Waals surface area (Å²) < 4.78 is 69.0. The van der Waals surface area contributed by atoms with E-state index in [9.17, 15) is 36.4 Å². The molecule has 1 N–H and O–H groups in total. The van der Waals surface area contributed by atoms with Crippen LogP contribution in [0.2, 0.25) is 5.02 Å². The first kappa shape index (κ1) is 29.9. The third kappa shape index (κ3) is 5.39. The van der Waals surface area contributed by atoms with Crippen LogP contribution in [0.1, 0.15) is 46.0 Å². The van der Waals surface area contributed by atoms with E-state index >= 15 is 0 Å². The van der Waals surface area contributed by atoms with Gasteiger partial charge in [0.05, 0.1) is 21.2 Å². The summed E-state index contributed by atoms with van der Waals surface area (Å²) in [7, 11) is -4.24. The number of nitrogens with zero attached hydrogens (tertiary/aromatic N) is 4. The monoisotopic (exact) mass is 615 g/mol. The molecular formula is C27H33ClF3N5O4S. The van der Waals surface area contributed by atoms with Gasteiger partial charge in [0.2, 0.25) is 11.8 Å². The molecular weight excluding hydrogens is 583 g/mol. The number of nitriles is 1. The average molecular weight is 616 g/mol. The minimum absolute atomic E-state index is 0.0325. The zero-order chi connectivity index (χ0) is 30.0. The van der Waals surface area contributed by atoms with Gasteiger partial charge in [0.1, 0.15) is 17.0 Å². The van der Waals surface area contributed by atoms with E-state index in [2.05, 4.69) is 29.0 Å². The van der Waals surface area contributed by atoms with Gasteiger partial charge in [-0.3, -0.25) is 14.5 Å². The Kier molecular flexibility index (Phi) is 7.52. The minimum Gasteiger partial charge on any atom is -0.369 e. The summed E-state index contributed by atoms with van der Waals surface area (Å²) in [6.45, 7) is 6.84. The van der Waals surface area contributed by atoms with Gasteiger partial charge in [-0.1, -0.05) is 11.6 Å². The largest absolute Gasteiger partial charge is 0.403 e. The third-order valence-corrected chi connectivity index (χ3v) is 11.5. The lowest BCUT2D eigenvalue weighted by Crippen LogP contribution is -2.53. The van der Waals surface area contributed by atoms with E-state index in [1.807, 2.05) is 6.07 Å². The van der Waals surface area contributed by atoms with Crippen molar-refractivity contribution in [1.82, 2.24) is 15.1 Å². The van der Waals surface area contributed by atoms with E-state index in [0.29, 0.717) is 18.9 Å². The molecule has 4 aliphatic rings. The molecule has 224 valence electrons. The summed E-state index contributed by atoms with van der Waals surface area (Å²) in [5, 5.41) is 10.5. The molecule has 2 heterocycles. The molecule has 1 aromatic rings. The Bertz CT molecular complexity index is 1380. The minimum atomic E-state index is -4.83. The summed E-state index contributed by atoms with van der Waals surface area (Å²) >= 11 is 6.48. The number of likely N-dealkylation sites (tertiary alicyclic amines) is 1. The Labute approximate surface area is 242 Å². The first-order chi connectivity index (χ1) is 19.1. The number of hydrogen-bond donors (Lipinski definition) is 1. The number of carbonyl (C=O) groups excluding carboxylic acids is 2. The van der Waals surface area contributed by atoms with Gasteiger partial charge in [0.15, 0.2) is 9.84 Å². The first-order valence-corrected chi connectivity index (χ1v) is 15.7. The second-order valence-electron chi connectivity index (χ2n) is 11.9. The van der Waals surface area contributed by atoms with Gasteiger partial charge in [-0.25, -0.2) is 8.42 Å². The number of carbonyl (C=O) groups is 2. The van der Waals surface area contributed by atoms with Crippen LogP contribution in [-0.2, 0) is 19.4 Å². The summed E-state index contributed by atoms with van der Waals surface area (Å²) in [6, 6.07) is 5.53. The molecule has 2 aliphatic heterocycles. The second kappa shape index (κ2) is 10.3. The molecule has 9 nitrogen and oxygen atoms in total. The van der Waals surface area contributed by atoms with E-state index < -0.39 is 75.9 Å². The van der Waals surface area contributed by atoms with Crippen LogP contribution in [0.25, 0.3) is 0 Å². The van der Waals surface area contributed by atoms with Crippen LogP contribution in [-0.4, -0.2) is 91.8 Å². The highest BCUT2D eigenvalue weighted by Crippen LogP contribution is 2.59. The van der Waals surface area contributed by atoms with Gasteiger partial charge in [0, 0.05) is 44.5 Å². The lowest BCUT2D eigenvalue weighted by molar-refractivity contribution is -0.199. The maximum Gasteiger partial charge on any atom is 0.403 e. The SMILES string of the molecule is CC(C)N1CCN(c2ccc(S(=O)(=O)C3CC(C(=O)NC4(C#N)CC4)N(C(=O)C4(C(F)(F)F)CC4)C3)c(Cl)c2)CC1. The van der Waals surface area contributed by atoms with Crippen LogP contribution >= 0.6 is 11.6 Å². The first-order valence-electron chi connectivity index (χ1n) is 13.8. The lowest BCUT2D eigenvalue weighted by Gasteiger charge is -2.38. The van der Waals surface area contributed by atoms with Crippen LogP contribution in [0.15, 0.2) is 23.1 Å². The number of alkyl halides is 3. The van der Waals surface area contributed by atoms with Crippen molar-refractivity contribution in [3.63, 3.8) is 0 Å². The molecule has 0 spiro atoms. The average Bonchev–Trinajstić information content (AvgIpc) is 3.84. The van der Waals surface area contributed by atoms with Crippen molar-refractivity contribution in [3.8, 4) is 6.07 Å². The number of nitrogens with one attached hydrogen (secondary N) is 1. The Morgan fingerprint density at radius 2 is 1.76 bits per heavy atom. The molecule has 0 bridgehead atoms. The molecule has 14 heteroatoms. The smallest absolute Gasteiger partial charge is 0.369 e. The molecule has 2 saturated carbocycles. The molecule has 2 unspecified atom stereocenters. The molecule has 0 aromatic heterocycles. The van der Waals surface area contributed by atoms with E-state index in [1.165, 1.54) is 6.07 Å². The van der Waals surface area contributed by atoms with Crippen LogP contribution in [0.4, 0.5) is 18.9 Å². The molecule has 2 atom stereocenters. The van der Waals surface area contributed by atoms with Crippen LogP contribution in [0, 0.1) is 16.7 Å². The fourth-order valence-electron chi connectivity index (χ4n) is 5.82. The van der Waals surface area contributed by atoms with Gasteiger partial charge in [-0.2, -0.15) is 18.4 Å². The summed E-state index contributed by atoms with van der Waals surface area (Å²) in [4.78, 5) is 31.4. The van der Waals surface area contributed by atoms with Crippen LogP contribution in [0.5, 0.6) is 0 Å².